The molecule has 0 saturated heterocycles. The van der Waals surface area contributed by atoms with Gasteiger partial charge in [-0.05, 0) is 17.7 Å². The van der Waals surface area contributed by atoms with Crippen molar-refractivity contribution < 1.29 is 9.90 Å². The molecular weight excluding hydrogens is 348 g/mol. The van der Waals surface area contributed by atoms with Gasteiger partial charge >= 0.3 is 0 Å². The number of amides is 1. The number of hydrogen-bond donors (Lipinski definition) is 3. The van der Waals surface area contributed by atoms with Crippen LogP contribution in [-0.4, -0.2) is 27.5 Å². The fourth-order valence-electron chi connectivity index (χ4n) is 2.27. The minimum absolute atomic E-state index is 0.0474. The number of nitrogens with one attached hydrogen (secondary N) is 1. The van der Waals surface area contributed by atoms with Gasteiger partial charge in [0.2, 0.25) is 0 Å². The maximum absolute atomic E-state index is 12.4. The summed E-state index contributed by atoms with van der Waals surface area (Å²) in [5.74, 6) is -0.422. The Labute approximate surface area is 155 Å². The van der Waals surface area contributed by atoms with Crippen molar-refractivity contribution in [1.82, 2.24) is 15.3 Å². The fourth-order valence-corrected chi connectivity index (χ4v) is 3.05. The van der Waals surface area contributed by atoms with E-state index in [1.807, 2.05) is 48.5 Å². The molecule has 0 aliphatic carbocycles. The average molecular weight is 366 g/mol. The van der Waals surface area contributed by atoms with E-state index >= 15 is 0 Å². The first-order chi connectivity index (χ1) is 12.6. The molecule has 6 nitrogen and oxygen atoms in total. The maximum Gasteiger partial charge on any atom is 0.273 e. The number of carbonyl (C=O) groups is 1. The van der Waals surface area contributed by atoms with E-state index in [9.17, 15) is 9.90 Å². The summed E-state index contributed by atoms with van der Waals surface area (Å²) in [6, 6.07) is 18.8. The SMILES string of the molecule is Nc1ncc(Sc2ccccc2)nc1C(=O)NCC(O)c1ccccc1. The molecule has 26 heavy (non-hydrogen) atoms. The van der Waals surface area contributed by atoms with Crippen molar-refractivity contribution in [1.29, 1.82) is 0 Å². The van der Waals surface area contributed by atoms with Crippen LogP contribution in [0.1, 0.15) is 22.2 Å². The van der Waals surface area contributed by atoms with Crippen LogP contribution in [0.3, 0.4) is 0 Å². The predicted octanol–water partition coefficient (Wildman–Crippen LogP) is 2.67. The Morgan fingerprint density at radius 1 is 1.12 bits per heavy atom. The number of nitrogens with two attached hydrogens (primary N) is 1. The van der Waals surface area contributed by atoms with Crippen LogP contribution < -0.4 is 11.1 Å². The van der Waals surface area contributed by atoms with Crippen LogP contribution in [0.2, 0.25) is 0 Å². The minimum Gasteiger partial charge on any atom is -0.387 e. The highest BCUT2D eigenvalue weighted by Gasteiger charge is 2.16. The smallest absolute Gasteiger partial charge is 0.273 e. The highest BCUT2D eigenvalue weighted by Crippen LogP contribution is 2.26. The molecule has 1 heterocycles. The molecule has 0 spiro atoms. The molecule has 0 saturated carbocycles. The Hall–Kier alpha value is -2.90. The molecule has 1 amide bonds. The molecular formula is C19H18N4O2S. The van der Waals surface area contributed by atoms with Gasteiger partial charge in [0.05, 0.1) is 12.3 Å². The van der Waals surface area contributed by atoms with Gasteiger partial charge in [0.15, 0.2) is 11.5 Å². The van der Waals surface area contributed by atoms with Gasteiger partial charge in [-0.3, -0.25) is 4.79 Å². The van der Waals surface area contributed by atoms with E-state index in [1.165, 1.54) is 18.0 Å². The lowest BCUT2D eigenvalue weighted by atomic mass is 10.1. The summed E-state index contributed by atoms with van der Waals surface area (Å²) in [6.45, 7) is 0.0556. The van der Waals surface area contributed by atoms with Gasteiger partial charge in [-0.25, -0.2) is 9.97 Å². The lowest BCUT2D eigenvalue weighted by molar-refractivity contribution is 0.0911. The Morgan fingerprint density at radius 2 is 1.77 bits per heavy atom. The number of aliphatic hydroxyl groups is 1. The van der Waals surface area contributed by atoms with Gasteiger partial charge in [0.25, 0.3) is 5.91 Å². The second kappa shape index (κ2) is 8.46. The molecule has 0 aliphatic rings. The van der Waals surface area contributed by atoms with Gasteiger partial charge in [0.1, 0.15) is 5.03 Å². The Morgan fingerprint density at radius 3 is 2.46 bits per heavy atom. The van der Waals surface area contributed by atoms with Gasteiger partial charge in [0, 0.05) is 11.4 Å². The normalized spacial score (nSPS) is 11.7. The lowest BCUT2D eigenvalue weighted by Gasteiger charge is -2.12. The number of nitrogens with zero attached hydrogens (tertiary/aromatic N) is 2. The van der Waals surface area contributed by atoms with Crippen LogP contribution in [0.5, 0.6) is 0 Å². The summed E-state index contributed by atoms with van der Waals surface area (Å²) in [7, 11) is 0. The molecule has 0 aliphatic heterocycles. The molecule has 0 fully saturated rings. The summed E-state index contributed by atoms with van der Waals surface area (Å²) >= 11 is 1.39. The fraction of sp³-hybridized carbons (Fsp3) is 0.105. The third-order valence-corrected chi connectivity index (χ3v) is 4.51. The molecule has 0 radical (unpaired) electrons. The van der Waals surface area contributed by atoms with Crippen molar-refractivity contribution in [3.05, 3.63) is 78.1 Å². The van der Waals surface area contributed by atoms with Crippen LogP contribution >= 0.6 is 11.8 Å². The van der Waals surface area contributed by atoms with Crippen molar-refractivity contribution in [3.63, 3.8) is 0 Å². The number of anilines is 1. The van der Waals surface area contributed by atoms with Crippen LogP contribution in [0.15, 0.2) is 76.8 Å². The first kappa shape index (κ1) is 17.9. The lowest BCUT2D eigenvalue weighted by Crippen LogP contribution is -2.30. The quantitative estimate of drug-likeness (QED) is 0.620. The Kier molecular flexibility index (Phi) is 5.83. The minimum atomic E-state index is -0.809. The van der Waals surface area contributed by atoms with Gasteiger partial charge in [-0.2, -0.15) is 0 Å². The van der Waals surface area contributed by atoms with Gasteiger partial charge in [-0.1, -0.05) is 60.3 Å². The summed E-state index contributed by atoms with van der Waals surface area (Å²) in [5.41, 5.74) is 6.56. The largest absolute Gasteiger partial charge is 0.387 e. The van der Waals surface area contributed by atoms with Crippen LogP contribution in [-0.2, 0) is 0 Å². The van der Waals surface area contributed by atoms with Crippen molar-refractivity contribution in [2.24, 2.45) is 0 Å². The molecule has 4 N–H and O–H groups in total. The number of nitrogen functional groups attached to an aromatic ring is 1. The zero-order chi connectivity index (χ0) is 18.4. The molecule has 1 unspecified atom stereocenters. The van der Waals surface area contributed by atoms with E-state index < -0.39 is 12.0 Å². The van der Waals surface area contributed by atoms with Crippen LogP contribution in [0, 0.1) is 0 Å². The van der Waals surface area contributed by atoms with E-state index in [0.717, 1.165) is 10.5 Å². The van der Waals surface area contributed by atoms with Gasteiger partial charge in [-0.15, -0.1) is 0 Å². The molecule has 7 heteroatoms. The average Bonchev–Trinajstić information content (AvgIpc) is 2.69. The molecule has 3 rings (SSSR count). The second-order valence-electron chi connectivity index (χ2n) is 5.49. The van der Waals surface area contributed by atoms with Crippen LogP contribution in [0.4, 0.5) is 5.82 Å². The molecule has 3 aromatic rings. The first-order valence-corrected chi connectivity index (χ1v) is 8.82. The first-order valence-electron chi connectivity index (χ1n) is 8.00. The summed E-state index contributed by atoms with van der Waals surface area (Å²) in [6.07, 6.45) is 0.721. The Balaban J connectivity index is 1.67. The van der Waals surface area contributed by atoms with Crippen molar-refractivity contribution in [2.75, 3.05) is 12.3 Å². The highest BCUT2D eigenvalue weighted by molar-refractivity contribution is 7.99. The maximum atomic E-state index is 12.4. The molecule has 2 aromatic carbocycles. The molecule has 132 valence electrons. The zero-order valence-electron chi connectivity index (χ0n) is 13.9. The topological polar surface area (TPSA) is 101 Å². The van der Waals surface area contributed by atoms with Gasteiger partial charge < -0.3 is 16.2 Å². The number of rotatable bonds is 6. The highest BCUT2D eigenvalue weighted by atomic mass is 32.2. The molecule has 1 atom stereocenters. The number of carbonyl (C=O) groups excluding carboxylic acids is 1. The summed E-state index contributed by atoms with van der Waals surface area (Å²) < 4.78 is 0. The predicted molar refractivity (Wildman–Crippen MR) is 101 cm³/mol. The number of hydrogen-bond acceptors (Lipinski definition) is 6. The standard InChI is InChI=1S/C19H18N4O2S/c20-18-17(19(25)22-11-15(24)13-7-3-1-4-8-13)23-16(12-21-18)26-14-9-5-2-6-10-14/h1-10,12,15,24H,11H2,(H2,20,21)(H,22,25). The number of aromatic nitrogens is 2. The third-order valence-electron chi connectivity index (χ3n) is 3.60. The van der Waals surface area contributed by atoms with Crippen molar-refractivity contribution >= 4 is 23.5 Å². The van der Waals surface area contributed by atoms with Crippen molar-refractivity contribution in [3.8, 4) is 0 Å². The van der Waals surface area contributed by atoms with E-state index in [-0.39, 0.29) is 18.1 Å². The van der Waals surface area contributed by atoms with E-state index in [1.54, 1.807) is 12.1 Å². The van der Waals surface area contributed by atoms with E-state index in [0.29, 0.717) is 5.03 Å². The molecule has 1 aromatic heterocycles. The van der Waals surface area contributed by atoms with E-state index in [2.05, 4.69) is 15.3 Å². The number of benzene rings is 2. The molecule has 0 bridgehead atoms. The monoisotopic (exact) mass is 366 g/mol. The Bertz CT molecular complexity index is 875. The van der Waals surface area contributed by atoms with Crippen molar-refractivity contribution in [2.45, 2.75) is 16.0 Å². The summed E-state index contributed by atoms with van der Waals surface area (Å²) in [5, 5.41) is 13.4. The zero-order valence-corrected chi connectivity index (χ0v) is 14.7. The number of aliphatic hydroxyl groups excluding tert-OH is 1. The third kappa shape index (κ3) is 4.59. The second-order valence-corrected chi connectivity index (χ2v) is 6.59. The van der Waals surface area contributed by atoms with E-state index in [4.69, 9.17) is 5.73 Å². The van der Waals surface area contributed by atoms with Crippen LogP contribution in [0.25, 0.3) is 0 Å². The summed E-state index contributed by atoms with van der Waals surface area (Å²) in [4.78, 5) is 21.7.